The van der Waals surface area contributed by atoms with Gasteiger partial charge in [0.05, 0.1) is 6.04 Å². The Hall–Kier alpha value is -1.51. The van der Waals surface area contributed by atoms with Crippen LogP contribution in [0.4, 0.5) is 4.79 Å². The van der Waals surface area contributed by atoms with Gasteiger partial charge in [0.25, 0.3) is 0 Å². The summed E-state index contributed by atoms with van der Waals surface area (Å²) in [5.41, 5.74) is 0.922. The van der Waals surface area contributed by atoms with Crippen LogP contribution in [0.25, 0.3) is 0 Å². The van der Waals surface area contributed by atoms with Crippen LogP contribution in [-0.4, -0.2) is 17.7 Å². The third kappa shape index (κ3) is 3.09. The fraction of sp³-hybridized carbons (Fsp3) is 0.562. The Balaban J connectivity index is 2.17. The summed E-state index contributed by atoms with van der Waals surface area (Å²) in [5.74, 6) is 0. The average molecular weight is 261 g/mol. The van der Waals surface area contributed by atoms with Crippen LogP contribution in [0, 0.1) is 0 Å². The minimum Gasteiger partial charge on any atom is -0.441 e. The van der Waals surface area contributed by atoms with E-state index in [4.69, 9.17) is 4.74 Å². The number of cyclic esters (lactones) is 1. The molecular weight excluding hydrogens is 238 g/mol. The second kappa shape index (κ2) is 6.09. The second-order valence-corrected chi connectivity index (χ2v) is 5.34. The Labute approximate surface area is 115 Å². The predicted octanol–water partition coefficient (Wildman–Crippen LogP) is 3.68. The van der Waals surface area contributed by atoms with Crippen LogP contribution in [-0.2, 0) is 11.2 Å². The summed E-state index contributed by atoms with van der Waals surface area (Å²) in [6.45, 7) is 4.28. The van der Waals surface area contributed by atoms with Gasteiger partial charge < -0.3 is 10.1 Å². The van der Waals surface area contributed by atoms with Gasteiger partial charge in [-0.15, -0.1) is 0 Å². The normalized spacial score (nSPS) is 20.9. The van der Waals surface area contributed by atoms with E-state index < -0.39 is 0 Å². The first-order valence-corrected chi connectivity index (χ1v) is 7.23. The van der Waals surface area contributed by atoms with E-state index in [9.17, 15) is 4.79 Å². The molecule has 0 spiro atoms. The van der Waals surface area contributed by atoms with E-state index in [0.29, 0.717) is 0 Å². The quantitative estimate of drug-likeness (QED) is 0.848. The van der Waals surface area contributed by atoms with Crippen LogP contribution in [0.3, 0.4) is 0 Å². The smallest absolute Gasteiger partial charge is 0.408 e. The minimum absolute atomic E-state index is 0.0855. The van der Waals surface area contributed by atoms with Crippen molar-refractivity contribution in [2.75, 3.05) is 0 Å². The molecule has 1 aromatic carbocycles. The topological polar surface area (TPSA) is 38.3 Å². The van der Waals surface area contributed by atoms with Crippen LogP contribution < -0.4 is 5.32 Å². The molecule has 1 aromatic rings. The van der Waals surface area contributed by atoms with Gasteiger partial charge in [-0.3, -0.25) is 0 Å². The molecule has 0 radical (unpaired) electrons. The zero-order chi connectivity index (χ0) is 13.7. The van der Waals surface area contributed by atoms with Crippen molar-refractivity contribution >= 4 is 6.09 Å². The Bertz CT molecular complexity index is 410. The highest BCUT2D eigenvalue weighted by Gasteiger charge is 2.47. The van der Waals surface area contributed by atoms with Crippen molar-refractivity contribution in [2.24, 2.45) is 0 Å². The third-order valence-electron chi connectivity index (χ3n) is 3.85. The van der Waals surface area contributed by atoms with Gasteiger partial charge in [0, 0.05) is 0 Å². The lowest BCUT2D eigenvalue weighted by atomic mass is 9.82. The number of carbonyl (C=O) groups excluding carboxylic acids is 1. The molecule has 0 aromatic heterocycles. The Morgan fingerprint density at radius 3 is 2.37 bits per heavy atom. The zero-order valence-corrected chi connectivity index (χ0v) is 11.8. The maximum absolute atomic E-state index is 11.7. The number of carbonyl (C=O) groups is 1. The summed E-state index contributed by atoms with van der Waals surface area (Å²) < 4.78 is 5.66. The van der Waals surface area contributed by atoms with Gasteiger partial charge in [0.2, 0.25) is 0 Å². The first-order chi connectivity index (χ1) is 9.20. The van der Waals surface area contributed by atoms with Crippen LogP contribution in [0.5, 0.6) is 0 Å². The molecule has 19 heavy (non-hydrogen) atoms. The van der Waals surface area contributed by atoms with E-state index in [1.54, 1.807) is 0 Å². The van der Waals surface area contributed by atoms with Gasteiger partial charge in [0.15, 0.2) is 0 Å². The van der Waals surface area contributed by atoms with Crippen LogP contribution >= 0.6 is 0 Å². The molecule has 0 aliphatic carbocycles. The van der Waals surface area contributed by atoms with Crippen LogP contribution in [0.2, 0.25) is 0 Å². The molecule has 0 bridgehead atoms. The number of hydrogen-bond acceptors (Lipinski definition) is 2. The average Bonchev–Trinajstić information content (AvgIpc) is 2.68. The standard InChI is InChI=1S/C16H23NO2/c1-3-10-16(11-4-2)14(17-15(18)19-16)12-13-8-6-5-7-9-13/h5-9,14H,3-4,10-12H2,1-2H3,(H,17,18)/t14-/m0/s1. The highest BCUT2D eigenvalue weighted by Crippen LogP contribution is 2.34. The summed E-state index contributed by atoms with van der Waals surface area (Å²) in [6, 6.07) is 10.4. The number of amides is 1. The molecule has 3 nitrogen and oxygen atoms in total. The molecule has 104 valence electrons. The minimum atomic E-state index is -0.323. The Morgan fingerprint density at radius 2 is 1.79 bits per heavy atom. The SMILES string of the molecule is CCCC1(CCC)OC(=O)N[C@H]1Cc1ccccc1. The second-order valence-electron chi connectivity index (χ2n) is 5.34. The van der Waals surface area contributed by atoms with Crippen molar-refractivity contribution in [3.63, 3.8) is 0 Å². The van der Waals surface area contributed by atoms with Gasteiger partial charge >= 0.3 is 6.09 Å². The van der Waals surface area contributed by atoms with Gasteiger partial charge in [-0.05, 0) is 24.8 Å². The highest BCUT2D eigenvalue weighted by atomic mass is 16.6. The summed E-state index contributed by atoms with van der Waals surface area (Å²) in [4.78, 5) is 11.7. The zero-order valence-electron chi connectivity index (χ0n) is 11.8. The lowest BCUT2D eigenvalue weighted by Gasteiger charge is -2.32. The number of hydrogen-bond donors (Lipinski definition) is 1. The number of alkyl carbamates (subject to hydrolysis) is 1. The molecule has 1 aliphatic heterocycles. The number of rotatable bonds is 6. The molecule has 1 atom stereocenters. The van der Waals surface area contributed by atoms with Gasteiger partial charge in [-0.1, -0.05) is 57.0 Å². The predicted molar refractivity (Wildman–Crippen MR) is 76.1 cm³/mol. The number of nitrogens with one attached hydrogen (secondary N) is 1. The number of benzene rings is 1. The Morgan fingerprint density at radius 1 is 1.16 bits per heavy atom. The van der Waals surface area contributed by atoms with Crippen molar-refractivity contribution in [3.05, 3.63) is 35.9 Å². The molecule has 3 heteroatoms. The molecular formula is C16H23NO2. The molecule has 1 N–H and O–H groups in total. The van der Waals surface area contributed by atoms with Crippen molar-refractivity contribution < 1.29 is 9.53 Å². The summed E-state index contributed by atoms with van der Waals surface area (Å²) in [6.07, 6.45) is 4.49. The lowest BCUT2D eigenvalue weighted by molar-refractivity contribution is 0.0197. The fourth-order valence-corrected chi connectivity index (χ4v) is 3.07. The molecule has 0 saturated carbocycles. The highest BCUT2D eigenvalue weighted by molar-refractivity contribution is 5.71. The van der Waals surface area contributed by atoms with E-state index in [0.717, 1.165) is 32.1 Å². The summed E-state index contributed by atoms with van der Waals surface area (Å²) in [7, 11) is 0. The van der Waals surface area contributed by atoms with Crippen LogP contribution in [0.1, 0.15) is 45.1 Å². The van der Waals surface area contributed by atoms with Gasteiger partial charge in [-0.25, -0.2) is 4.79 Å². The molecule has 1 saturated heterocycles. The van der Waals surface area contributed by atoms with Crippen molar-refractivity contribution in [3.8, 4) is 0 Å². The maximum Gasteiger partial charge on any atom is 0.408 e. The van der Waals surface area contributed by atoms with E-state index in [1.165, 1.54) is 5.56 Å². The molecule has 1 aliphatic rings. The molecule has 1 fully saturated rings. The summed E-state index contributed by atoms with van der Waals surface area (Å²) >= 11 is 0. The first kappa shape index (κ1) is 13.9. The van der Waals surface area contributed by atoms with E-state index in [2.05, 4.69) is 31.3 Å². The molecule has 1 amide bonds. The maximum atomic E-state index is 11.7. The largest absolute Gasteiger partial charge is 0.441 e. The third-order valence-corrected chi connectivity index (χ3v) is 3.85. The van der Waals surface area contributed by atoms with Gasteiger partial charge in [-0.2, -0.15) is 0 Å². The molecule has 0 unspecified atom stereocenters. The first-order valence-electron chi connectivity index (χ1n) is 7.23. The molecule has 2 rings (SSSR count). The van der Waals surface area contributed by atoms with Crippen molar-refractivity contribution in [1.29, 1.82) is 0 Å². The monoisotopic (exact) mass is 261 g/mol. The summed E-state index contributed by atoms with van der Waals surface area (Å²) in [5, 5.41) is 3.00. The van der Waals surface area contributed by atoms with Crippen molar-refractivity contribution in [1.82, 2.24) is 5.32 Å². The van der Waals surface area contributed by atoms with E-state index in [-0.39, 0.29) is 17.7 Å². The van der Waals surface area contributed by atoms with Crippen LogP contribution in [0.15, 0.2) is 30.3 Å². The van der Waals surface area contributed by atoms with E-state index in [1.807, 2.05) is 18.2 Å². The number of ether oxygens (including phenoxy) is 1. The lowest BCUT2D eigenvalue weighted by Crippen LogP contribution is -2.45. The molecule has 1 heterocycles. The van der Waals surface area contributed by atoms with Crippen molar-refractivity contribution in [2.45, 2.75) is 57.6 Å². The Kier molecular flexibility index (Phi) is 4.46. The van der Waals surface area contributed by atoms with Gasteiger partial charge in [0.1, 0.15) is 5.60 Å². The fourth-order valence-electron chi connectivity index (χ4n) is 3.07. The van der Waals surface area contributed by atoms with E-state index >= 15 is 0 Å².